The van der Waals surface area contributed by atoms with E-state index in [1.165, 1.54) is 53.7 Å². The van der Waals surface area contributed by atoms with Crippen LogP contribution in [0.5, 0.6) is 5.75 Å². The first-order valence-electron chi connectivity index (χ1n) is 14.2. The number of rotatable bonds is 11. The van der Waals surface area contributed by atoms with Crippen molar-refractivity contribution in [3.8, 4) is 11.4 Å². The largest absolute Gasteiger partial charge is 0.497 e. The Morgan fingerprint density at radius 1 is 1.06 bits per heavy atom. The minimum Gasteiger partial charge on any atom is -0.497 e. The number of hydrogen-bond donors (Lipinski definition) is 1. The van der Waals surface area contributed by atoms with E-state index < -0.39 is 22.7 Å². The molecule has 5 aromatic rings. The third kappa shape index (κ3) is 6.89. The molecule has 0 saturated carbocycles. The second kappa shape index (κ2) is 13.7. The summed E-state index contributed by atoms with van der Waals surface area (Å²) in [6, 6.07) is 21.7. The fourth-order valence-electron chi connectivity index (χ4n) is 4.98. The van der Waals surface area contributed by atoms with Gasteiger partial charge in [-0.1, -0.05) is 23.9 Å². The van der Waals surface area contributed by atoms with E-state index in [2.05, 4.69) is 20.6 Å². The van der Waals surface area contributed by atoms with Crippen LogP contribution in [0.3, 0.4) is 0 Å². The van der Waals surface area contributed by atoms with Crippen molar-refractivity contribution in [3.63, 3.8) is 0 Å². The van der Waals surface area contributed by atoms with E-state index in [-0.39, 0.29) is 29.7 Å². The van der Waals surface area contributed by atoms with Crippen LogP contribution < -0.4 is 10.1 Å². The molecule has 1 N–H and O–H groups in total. The fourth-order valence-corrected chi connectivity index (χ4v) is 5.80. The Bertz CT molecular complexity index is 1930. The number of aromatic nitrogens is 3. The van der Waals surface area contributed by atoms with Gasteiger partial charge in [-0.2, -0.15) is 5.10 Å². The Morgan fingerprint density at radius 3 is 2.47 bits per heavy atom. The minimum absolute atomic E-state index is 0.0493. The topological polar surface area (TPSA) is 158 Å². The number of benzene rings is 3. The molecule has 0 radical (unpaired) electrons. The normalized spacial score (nSPS) is 14.1. The average molecular weight is 656 g/mol. The molecule has 1 atom stereocenters. The highest BCUT2D eigenvalue weighted by atomic mass is 32.2. The summed E-state index contributed by atoms with van der Waals surface area (Å²) in [4.78, 5) is 37.0. The highest BCUT2D eigenvalue weighted by molar-refractivity contribution is 7.99. The van der Waals surface area contributed by atoms with Gasteiger partial charge in [-0.15, -0.1) is 10.2 Å². The van der Waals surface area contributed by atoms with Crippen LogP contribution in [0, 0.1) is 15.9 Å². The Kier molecular flexibility index (Phi) is 9.06. The second-order valence-electron chi connectivity index (χ2n) is 10.2. The summed E-state index contributed by atoms with van der Waals surface area (Å²) in [6.45, 7) is -0.0493. The van der Waals surface area contributed by atoms with Crippen molar-refractivity contribution in [1.82, 2.24) is 25.1 Å². The lowest BCUT2D eigenvalue weighted by atomic mass is 9.98. The van der Waals surface area contributed by atoms with E-state index in [0.717, 1.165) is 22.9 Å². The summed E-state index contributed by atoms with van der Waals surface area (Å²) >= 11 is 1.09. The van der Waals surface area contributed by atoms with Crippen LogP contribution in [0.4, 0.5) is 10.1 Å². The van der Waals surface area contributed by atoms with E-state index in [1.807, 2.05) is 24.3 Å². The van der Waals surface area contributed by atoms with Crippen molar-refractivity contribution in [2.45, 2.75) is 24.2 Å². The molecule has 15 heteroatoms. The molecule has 0 aliphatic carbocycles. The molecule has 3 heterocycles. The third-order valence-corrected chi connectivity index (χ3v) is 8.25. The highest BCUT2D eigenvalue weighted by Gasteiger charge is 2.33. The maximum absolute atomic E-state index is 13.8. The van der Waals surface area contributed by atoms with Gasteiger partial charge < -0.3 is 14.5 Å². The van der Waals surface area contributed by atoms with Gasteiger partial charge in [0.05, 0.1) is 42.3 Å². The molecular formula is C32H26FN7O6S. The molecular weight excluding hydrogens is 629 g/mol. The molecule has 0 bridgehead atoms. The number of thioether (sulfide) groups is 1. The van der Waals surface area contributed by atoms with Crippen molar-refractivity contribution in [3.05, 3.63) is 130 Å². The molecule has 47 heavy (non-hydrogen) atoms. The molecule has 0 fully saturated rings. The number of ether oxygens (including phenoxy) is 1. The third-order valence-electron chi connectivity index (χ3n) is 7.34. The summed E-state index contributed by atoms with van der Waals surface area (Å²) in [5.41, 5.74) is 2.61. The molecule has 1 aliphatic rings. The number of hydrazone groups is 1. The standard InChI is InChI=1S/C32H26FN7O6S/c1-45-25-14-6-20(7-15-25)26-17-27(21-4-8-22(33)9-5-21)39(37-26)30(41)19-47-32-36-35-29(18-34-31(42)28-3-2-16-46-28)38(32)23-10-12-24(13-11-23)40(43)44/h2-16,27H,17-19H2,1H3,(H,34,42)/t27-/m1/s1. The fraction of sp³-hybridized carbons (Fsp3) is 0.156. The lowest BCUT2D eigenvalue weighted by molar-refractivity contribution is -0.384. The number of nitrogens with one attached hydrogen (secondary N) is 1. The molecule has 3 aromatic carbocycles. The molecule has 13 nitrogen and oxygen atoms in total. The first-order chi connectivity index (χ1) is 22.8. The number of nitro benzene ring substituents is 1. The molecule has 1 aliphatic heterocycles. The van der Waals surface area contributed by atoms with Crippen molar-refractivity contribution in [2.24, 2.45) is 5.10 Å². The summed E-state index contributed by atoms with van der Waals surface area (Å²) in [7, 11) is 1.58. The van der Waals surface area contributed by atoms with E-state index in [0.29, 0.717) is 34.6 Å². The second-order valence-corrected chi connectivity index (χ2v) is 11.2. The van der Waals surface area contributed by atoms with Crippen LogP contribution in [0.15, 0.2) is 106 Å². The van der Waals surface area contributed by atoms with E-state index in [1.54, 1.807) is 29.9 Å². The number of nitrogens with zero attached hydrogens (tertiary/aromatic N) is 6. The van der Waals surface area contributed by atoms with Gasteiger partial charge in [-0.25, -0.2) is 9.40 Å². The van der Waals surface area contributed by atoms with Gasteiger partial charge in [-0.3, -0.25) is 24.3 Å². The zero-order valence-corrected chi connectivity index (χ0v) is 25.6. The summed E-state index contributed by atoms with van der Waals surface area (Å²) in [5, 5.41) is 28.9. The van der Waals surface area contributed by atoms with Crippen LogP contribution in [0.2, 0.25) is 0 Å². The maximum Gasteiger partial charge on any atom is 0.287 e. The van der Waals surface area contributed by atoms with Crippen molar-refractivity contribution in [2.75, 3.05) is 12.9 Å². The number of halogens is 1. The van der Waals surface area contributed by atoms with Crippen molar-refractivity contribution < 1.29 is 28.1 Å². The number of carbonyl (C=O) groups is 2. The van der Waals surface area contributed by atoms with Crippen molar-refractivity contribution >= 4 is 35.0 Å². The molecule has 0 spiro atoms. The van der Waals surface area contributed by atoms with Gasteiger partial charge in [0.2, 0.25) is 0 Å². The van der Waals surface area contributed by atoms with Crippen LogP contribution in [-0.2, 0) is 11.3 Å². The lowest BCUT2D eigenvalue weighted by Crippen LogP contribution is -2.28. The van der Waals surface area contributed by atoms with Gasteiger partial charge >= 0.3 is 0 Å². The molecule has 0 saturated heterocycles. The molecule has 2 amide bonds. The summed E-state index contributed by atoms with van der Waals surface area (Å²) in [5.74, 6) is -0.174. The summed E-state index contributed by atoms with van der Waals surface area (Å²) < 4.78 is 25.8. The number of nitro groups is 1. The monoisotopic (exact) mass is 655 g/mol. The first kappa shape index (κ1) is 31.2. The van der Waals surface area contributed by atoms with Gasteiger partial charge in [0, 0.05) is 24.2 Å². The van der Waals surface area contributed by atoms with Crippen LogP contribution in [0.25, 0.3) is 5.69 Å². The highest BCUT2D eigenvalue weighted by Crippen LogP contribution is 2.34. The predicted octanol–water partition coefficient (Wildman–Crippen LogP) is 5.32. The van der Waals surface area contributed by atoms with E-state index in [9.17, 15) is 24.1 Å². The number of amides is 2. The molecule has 6 rings (SSSR count). The molecule has 238 valence electrons. The number of hydrogen-bond acceptors (Lipinski definition) is 10. The number of carbonyl (C=O) groups excluding carboxylic acids is 2. The minimum atomic E-state index is -0.511. The van der Waals surface area contributed by atoms with Gasteiger partial charge in [0.1, 0.15) is 11.6 Å². The average Bonchev–Trinajstić information content (AvgIpc) is 3.87. The van der Waals surface area contributed by atoms with Crippen LogP contribution in [-0.4, -0.2) is 55.1 Å². The Balaban J connectivity index is 1.26. The maximum atomic E-state index is 13.8. The molecule has 0 unspecified atom stereocenters. The van der Waals surface area contributed by atoms with Gasteiger partial charge in [0.15, 0.2) is 16.7 Å². The Morgan fingerprint density at radius 2 is 1.81 bits per heavy atom. The first-order valence-corrected chi connectivity index (χ1v) is 15.2. The van der Waals surface area contributed by atoms with E-state index in [4.69, 9.17) is 9.15 Å². The quantitative estimate of drug-likeness (QED) is 0.113. The van der Waals surface area contributed by atoms with Crippen LogP contribution in [0.1, 0.15) is 40.0 Å². The lowest BCUT2D eigenvalue weighted by Gasteiger charge is -2.22. The van der Waals surface area contributed by atoms with Crippen LogP contribution >= 0.6 is 11.8 Å². The SMILES string of the molecule is COc1ccc(C2=NN(C(=O)CSc3nnc(CNC(=O)c4ccco4)n3-c3ccc([N+](=O)[O-])cc3)[C@@H](c3ccc(F)cc3)C2)cc1. The van der Waals surface area contributed by atoms with Crippen molar-refractivity contribution in [1.29, 1.82) is 0 Å². The number of furan rings is 1. The smallest absolute Gasteiger partial charge is 0.287 e. The molecule has 2 aromatic heterocycles. The Hall–Kier alpha value is -5.83. The van der Waals surface area contributed by atoms with E-state index >= 15 is 0 Å². The number of non-ortho nitro benzene ring substituents is 1. The van der Waals surface area contributed by atoms with Gasteiger partial charge in [-0.05, 0) is 71.8 Å². The summed E-state index contributed by atoms with van der Waals surface area (Å²) in [6.07, 6.45) is 1.79. The predicted molar refractivity (Wildman–Crippen MR) is 169 cm³/mol. The van der Waals surface area contributed by atoms with Gasteiger partial charge in [0.25, 0.3) is 17.5 Å². The Labute approximate surface area is 271 Å². The zero-order valence-electron chi connectivity index (χ0n) is 24.8. The number of methoxy groups -OCH3 is 1. The zero-order chi connectivity index (χ0) is 32.9.